The van der Waals surface area contributed by atoms with Crippen LogP contribution in [0.5, 0.6) is 0 Å². The van der Waals surface area contributed by atoms with Crippen LogP contribution in [0, 0.1) is 0 Å². The molecule has 0 aromatic heterocycles. The van der Waals surface area contributed by atoms with E-state index in [0.717, 1.165) is 4.31 Å². The summed E-state index contributed by atoms with van der Waals surface area (Å²) in [6.07, 6.45) is 0. The molecule has 0 heterocycles. The highest BCUT2D eigenvalue weighted by atomic mass is 32.2. The van der Waals surface area contributed by atoms with E-state index in [9.17, 15) is 13.2 Å². The second-order valence-corrected chi connectivity index (χ2v) is 6.23. The summed E-state index contributed by atoms with van der Waals surface area (Å²) in [4.78, 5) is 12.6. The van der Waals surface area contributed by atoms with Crippen LogP contribution in [-0.2, 0) is 14.8 Å². The molecule has 0 aliphatic carbocycles. The largest absolute Gasteiger partial charge is 0.348 e. The van der Waals surface area contributed by atoms with E-state index in [2.05, 4.69) is 0 Å². The first kappa shape index (κ1) is 13.4. The summed E-state index contributed by atoms with van der Waals surface area (Å²) in [6.45, 7) is 3.07. The smallest absolute Gasteiger partial charge is 0.237 e. The van der Waals surface area contributed by atoms with Crippen molar-refractivity contribution in [3.05, 3.63) is 0 Å². The molecule has 84 valence electrons. The second kappa shape index (κ2) is 4.75. The predicted octanol–water partition coefficient (Wildman–Crippen LogP) is -0.255. The van der Waals surface area contributed by atoms with E-state index in [1.165, 1.54) is 11.9 Å². The van der Waals surface area contributed by atoms with E-state index in [4.69, 9.17) is 0 Å². The van der Waals surface area contributed by atoms with Crippen LogP contribution in [0.3, 0.4) is 0 Å². The highest BCUT2D eigenvalue weighted by molar-refractivity contribution is 7.89. The van der Waals surface area contributed by atoms with Crippen LogP contribution < -0.4 is 0 Å². The van der Waals surface area contributed by atoms with Crippen LogP contribution >= 0.6 is 0 Å². The fourth-order valence-corrected chi connectivity index (χ4v) is 1.79. The first-order chi connectivity index (χ1) is 6.19. The Hall–Kier alpha value is -0.620. The monoisotopic (exact) mass is 222 g/mol. The summed E-state index contributed by atoms with van der Waals surface area (Å²) in [5.74, 6) is -0.225. The van der Waals surface area contributed by atoms with Crippen molar-refractivity contribution < 1.29 is 13.2 Å². The van der Waals surface area contributed by atoms with Gasteiger partial charge in [0.1, 0.15) is 0 Å². The molecule has 5 nitrogen and oxygen atoms in total. The Morgan fingerprint density at radius 3 is 1.93 bits per heavy atom. The van der Waals surface area contributed by atoms with Crippen molar-refractivity contribution >= 4 is 15.9 Å². The van der Waals surface area contributed by atoms with Gasteiger partial charge >= 0.3 is 0 Å². The molecule has 14 heavy (non-hydrogen) atoms. The number of likely N-dealkylation sites (N-methyl/N-ethyl adjacent to an activating group) is 2. The van der Waals surface area contributed by atoms with E-state index in [1.54, 1.807) is 27.9 Å². The van der Waals surface area contributed by atoms with Gasteiger partial charge in [-0.25, -0.2) is 8.42 Å². The molecule has 0 fully saturated rings. The number of sulfonamides is 1. The summed E-state index contributed by atoms with van der Waals surface area (Å²) in [5.41, 5.74) is 0. The second-order valence-electron chi connectivity index (χ2n) is 3.64. The zero-order chi connectivity index (χ0) is 11.5. The SMILES string of the molecule is CC(C)S(=O)(=O)N(C)CC(=O)N(C)C. The van der Waals surface area contributed by atoms with Gasteiger partial charge in [0.25, 0.3) is 0 Å². The lowest BCUT2D eigenvalue weighted by Crippen LogP contribution is -2.40. The molecule has 0 spiro atoms. The summed E-state index contributed by atoms with van der Waals surface area (Å²) < 4.78 is 24.2. The molecular formula is C8H18N2O3S. The van der Waals surface area contributed by atoms with Crippen molar-refractivity contribution in [2.75, 3.05) is 27.7 Å². The van der Waals surface area contributed by atoms with Gasteiger partial charge in [-0.3, -0.25) is 4.79 Å². The molecule has 0 aromatic rings. The topological polar surface area (TPSA) is 57.7 Å². The minimum absolute atomic E-state index is 0.104. The molecular weight excluding hydrogens is 204 g/mol. The van der Waals surface area contributed by atoms with Crippen LogP contribution in [-0.4, -0.2) is 56.5 Å². The van der Waals surface area contributed by atoms with Crippen molar-refractivity contribution in [2.45, 2.75) is 19.1 Å². The van der Waals surface area contributed by atoms with Crippen LogP contribution in [0.2, 0.25) is 0 Å². The number of hydrogen-bond acceptors (Lipinski definition) is 3. The van der Waals surface area contributed by atoms with E-state index in [0.29, 0.717) is 0 Å². The number of carbonyl (C=O) groups is 1. The third-order valence-corrected chi connectivity index (χ3v) is 4.08. The van der Waals surface area contributed by atoms with Crippen LogP contribution in [0.15, 0.2) is 0 Å². The third kappa shape index (κ3) is 3.26. The van der Waals surface area contributed by atoms with Crippen LogP contribution in [0.1, 0.15) is 13.8 Å². The Kier molecular flexibility index (Phi) is 4.54. The maximum Gasteiger partial charge on any atom is 0.237 e. The third-order valence-electron chi connectivity index (χ3n) is 1.89. The first-order valence-corrected chi connectivity index (χ1v) is 5.85. The van der Waals surface area contributed by atoms with Gasteiger partial charge in [0.05, 0.1) is 11.8 Å². The molecule has 0 N–H and O–H groups in total. The standard InChI is InChI=1S/C8H18N2O3S/c1-7(2)14(12,13)10(5)6-8(11)9(3)4/h7H,6H2,1-5H3. The minimum atomic E-state index is -3.32. The molecule has 0 rings (SSSR count). The van der Waals surface area contributed by atoms with Crippen molar-refractivity contribution in [3.63, 3.8) is 0 Å². The number of hydrogen-bond donors (Lipinski definition) is 0. The highest BCUT2D eigenvalue weighted by Gasteiger charge is 2.24. The molecule has 6 heteroatoms. The Morgan fingerprint density at radius 1 is 1.21 bits per heavy atom. The molecule has 0 radical (unpaired) electrons. The molecule has 0 aliphatic rings. The average Bonchev–Trinajstić information content (AvgIpc) is 2.03. The van der Waals surface area contributed by atoms with Gasteiger partial charge in [-0.15, -0.1) is 0 Å². The maximum absolute atomic E-state index is 11.5. The number of rotatable bonds is 4. The van der Waals surface area contributed by atoms with Crippen molar-refractivity contribution in [3.8, 4) is 0 Å². The quantitative estimate of drug-likeness (QED) is 0.659. The molecule has 0 atom stereocenters. The van der Waals surface area contributed by atoms with Gasteiger partial charge < -0.3 is 4.90 Å². The fraction of sp³-hybridized carbons (Fsp3) is 0.875. The molecule has 0 saturated heterocycles. The molecule has 0 unspecified atom stereocenters. The lowest BCUT2D eigenvalue weighted by molar-refractivity contribution is -0.128. The summed E-state index contributed by atoms with van der Waals surface area (Å²) in [6, 6.07) is 0. The van der Waals surface area contributed by atoms with Crippen LogP contribution in [0.25, 0.3) is 0 Å². The Morgan fingerprint density at radius 2 is 1.64 bits per heavy atom. The average molecular weight is 222 g/mol. The Balaban J connectivity index is 4.51. The zero-order valence-corrected chi connectivity index (χ0v) is 10.1. The summed E-state index contributed by atoms with van der Waals surface area (Å²) >= 11 is 0. The molecule has 0 aromatic carbocycles. The summed E-state index contributed by atoms with van der Waals surface area (Å²) in [5, 5.41) is -0.498. The number of amides is 1. The zero-order valence-electron chi connectivity index (χ0n) is 9.31. The predicted molar refractivity (Wildman–Crippen MR) is 55.4 cm³/mol. The van der Waals surface area contributed by atoms with Gasteiger partial charge in [-0.05, 0) is 13.8 Å². The number of carbonyl (C=O) groups excluding carboxylic acids is 1. The summed E-state index contributed by atoms with van der Waals surface area (Å²) in [7, 11) is 1.28. The van der Waals surface area contributed by atoms with E-state index < -0.39 is 15.3 Å². The van der Waals surface area contributed by atoms with Gasteiger partial charge in [-0.1, -0.05) is 0 Å². The van der Waals surface area contributed by atoms with Gasteiger partial charge in [-0.2, -0.15) is 4.31 Å². The molecule has 1 amide bonds. The normalized spacial score (nSPS) is 12.2. The van der Waals surface area contributed by atoms with Crippen molar-refractivity contribution in [1.82, 2.24) is 9.21 Å². The Bertz CT molecular complexity index is 296. The Labute approximate surface area is 85.7 Å². The van der Waals surface area contributed by atoms with Gasteiger partial charge in [0.2, 0.25) is 15.9 Å². The van der Waals surface area contributed by atoms with Gasteiger partial charge in [0.15, 0.2) is 0 Å². The lowest BCUT2D eigenvalue weighted by Gasteiger charge is -2.20. The van der Waals surface area contributed by atoms with E-state index in [-0.39, 0.29) is 12.5 Å². The first-order valence-electron chi connectivity index (χ1n) is 4.35. The van der Waals surface area contributed by atoms with E-state index in [1.807, 2.05) is 0 Å². The fourth-order valence-electron chi connectivity index (χ4n) is 0.782. The van der Waals surface area contributed by atoms with Crippen molar-refractivity contribution in [1.29, 1.82) is 0 Å². The van der Waals surface area contributed by atoms with Crippen molar-refractivity contribution in [2.24, 2.45) is 0 Å². The molecule has 0 aliphatic heterocycles. The maximum atomic E-state index is 11.5. The van der Waals surface area contributed by atoms with E-state index >= 15 is 0 Å². The molecule has 0 bridgehead atoms. The molecule has 0 saturated carbocycles. The van der Waals surface area contributed by atoms with Gasteiger partial charge in [0, 0.05) is 21.1 Å². The lowest BCUT2D eigenvalue weighted by atomic mass is 10.5. The minimum Gasteiger partial charge on any atom is -0.348 e. The number of nitrogens with zero attached hydrogens (tertiary/aromatic N) is 2. The van der Waals surface area contributed by atoms with Crippen LogP contribution in [0.4, 0.5) is 0 Å². The highest BCUT2D eigenvalue weighted by Crippen LogP contribution is 2.05.